The summed E-state index contributed by atoms with van der Waals surface area (Å²) >= 11 is 0. The zero-order valence-corrected chi connectivity index (χ0v) is 22.6. The molecule has 2 heterocycles. The maximum atomic E-state index is 14.1. The van der Waals surface area contributed by atoms with Crippen LogP contribution in [0.1, 0.15) is 77.6 Å². The van der Waals surface area contributed by atoms with Gasteiger partial charge in [0.25, 0.3) is 11.8 Å². The van der Waals surface area contributed by atoms with Crippen LogP contribution in [0.3, 0.4) is 0 Å². The topological polar surface area (TPSA) is 95.6 Å². The number of anilines is 1. The number of nitrogens with zero attached hydrogens (tertiary/aromatic N) is 2. The minimum atomic E-state index is -0.592. The van der Waals surface area contributed by atoms with E-state index in [2.05, 4.69) is 10.6 Å². The van der Waals surface area contributed by atoms with Gasteiger partial charge in [0.2, 0.25) is 5.91 Å². The molecule has 3 amide bonds. The van der Waals surface area contributed by atoms with Gasteiger partial charge in [-0.1, -0.05) is 19.3 Å². The SMILES string of the molecule is CC(=O)Nc1cc(F)cc(C(=O)N2CCN(C(=O)c3ccc(O[C@H]4CC[NH2+]C4)c(C4CCCCC4)c3)CC2)c1. The second kappa shape index (κ2) is 12.2. The first kappa shape index (κ1) is 27.1. The molecule has 0 unspecified atom stereocenters. The molecular weight excluding hydrogens is 499 g/mol. The third-order valence-corrected chi connectivity index (χ3v) is 8.04. The second-order valence-electron chi connectivity index (χ2n) is 10.9. The lowest BCUT2D eigenvalue weighted by molar-refractivity contribution is -0.638. The summed E-state index contributed by atoms with van der Waals surface area (Å²) < 4.78 is 20.5. The largest absolute Gasteiger partial charge is 0.484 e. The van der Waals surface area contributed by atoms with Gasteiger partial charge in [-0.3, -0.25) is 14.4 Å². The van der Waals surface area contributed by atoms with Gasteiger partial charge < -0.3 is 25.2 Å². The molecule has 3 fully saturated rings. The van der Waals surface area contributed by atoms with Gasteiger partial charge in [-0.25, -0.2) is 4.39 Å². The van der Waals surface area contributed by atoms with E-state index in [4.69, 9.17) is 4.74 Å². The minimum Gasteiger partial charge on any atom is -0.484 e. The molecule has 0 spiro atoms. The first-order valence-corrected chi connectivity index (χ1v) is 14.2. The summed E-state index contributed by atoms with van der Waals surface area (Å²) in [6.45, 7) is 4.88. The van der Waals surface area contributed by atoms with E-state index >= 15 is 0 Å². The Bertz CT molecular complexity index is 1220. The number of hydrogen-bond acceptors (Lipinski definition) is 4. The van der Waals surface area contributed by atoms with E-state index in [9.17, 15) is 18.8 Å². The lowest BCUT2D eigenvalue weighted by atomic mass is 9.83. The molecule has 0 bridgehead atoms. The van der Waals surface area contributed by atoms with Crippen LogP contribution in [0, 0.1) is 5.82 Å². The van der Waals surface area contributed by atoms with Crippen LogP contribution < -0.4 is 15.4 Å². The average molecular weight is 538 g/mol. The summed E-state index contributed by atoms with van der Waals surface area (Å²) in [5, 5.41) is 4.80. The fraction of sp³-hybridized carbons (Fsp3) is 0.500. The standard InChI is InChI=1S/C30H37FN4O4/c1-20(36)33-25-16-23(15-24(31)18-25)30(38)35-13-11-34(12-14-35)29(37)22-7-8-28(39-26-9-10-32-19-26)27(17-22)21-5-3-2-4-6-21/h7-8,15-18,21,26,32H,2-6,9-14,19H2,1H3,(H,33,36)/p+1/t26-/m0/s1. The molecule has 2 aromatic carbocycles. The maximum Gasteiger partial charge on any atom is 0.254 e. The van der Waals surface area contributed by atoms with Gasteiger partial charge >= 0.3 is 0 Å². The van der Waals surface area contributed by atoms with Gasteiger partial charge in [0.1, 0.15) is 18.1 Å². The van der Waals surface area contributed by atoms with Gasteiger partial charge in [0, 0.05) is 56.3 Å². The summed E-state index contributed by atoms with van der Waals surface area (Å²) in [6, 6.07) is 9.72. The van der Waals surface area contributed by atoms with Crippen molar-refractivity contribution in [2.45, 2.75) is 57.5 Å². The Morgan fingerprint density at radius 1 is 0.897 bits per heavy atom. The van der Waals surface area contributed by atoms with Gasteiger partial charge in [-0.15, -0.1) is 0 Å². The zero-order chi connectivity index (χ0) is 27.4. The smallest absolute Gasteiger partial charge is 0.254 e. The molecule has 1 atom stereocenters. The predicted octanol–water partition coefficient (Wildman–Crippen LogP) is 3.14. The van der Waals surface area contributed by atoms with Crippen LogP contribution in [-0.4, -0.2) is 72.9 Å². The number of rotatable bonds is 6. The molecule has 2 aliphatic heterocycles. The number of benzene rings is 2. The van der Waals surface area contributed by atoms with E-state index in [-0.39, 0.29) is 35.1 Å². The molecule has 0 aromatic heterocycles. The maximum absolute atomic E-state index is 14.1. The molecule has 39 heavy (non-hydrogen) atoms. The highest BCUT2D eigenvalue weighted by molar-refractivity contribution is 5.98. The average Bonchev–Trinajstić information content (AvgIpc) is 3.45. The second-order valence-corrected chi connectivity index (χ2v) is 10.9. The van der Waals surface area contributed by atoms with Crippen molar-refractivity contribution in [1.29, 1.82) is 0 Å². The molecule has 1 aliphatic carbocycles. The van der Waals surface area contributed by atoms with E-state index in [1.54, 1.807) is 9.80 Å². The zero-order valence-electron chi connectivity index (χ0n) is 22.6. The number of amides is 3. The summed E-state index contributed by atoms with van der Waals surface area (Å²) in [5.74, 6) is 0.0371. The fourth-order valence-electron chi connectivity index (χ4n) is 6.00. The first-order valence-electron chi connectivity index (χ1n) is 14.2. The van der Waals surface area contributed by atoms with Crippen molar-refractivity contribution >= 4 is 23.4 Å². The van der Waals surface area contributed by atoms with Gasteiger partial charge in [0.05, 0.1) is 6.54 Å². The third-order valence-electron chi connectivity index (χ3n) is 8.04. The highest BCUT2D eigenvalue weighted by Gasteiger charge is 2.29. The van der Waals surface area contributed by atoms with Crippen molar-refractivity contribution in [2.24, 2.45) is 0 Å². The minimum absolute atomic E-state index is 0.0430. The van der Waals surface area contributed by atoms with Gasteiger partial charge in [-0.05, 0) is 60.7 Å². The number of carbonyl (C=O) groups is 3. The molecule has 3 N–H and O–H groups in total. The molecule has 2 aromatic rings. The number of nitrogens with one attached hydrogen (secondary N) is 1. The third kappa shape index (κ3) is 6.58. The van der Waals surface area contributed by atoms with Crippen LogP contribution in [0.15, 0.2) is 36.4 Å². The predicted molar refractivity (Wildman–Crippen MR) is 145 cm³/mol. The summed E-state index contributed by atoms with van der Waals surface area (Å²) in [7, 11) is 0. The Labute approximate surface area is 228 Å². The van der Waals surface area contributed by atoms with Crippen molar-refractivity contribution in [3.05, 3.63) is 58.9 Å². The Hall–Kier alpha value is -3.46. The molecule has 0 radical (unpaired) electrons. The Kier molecular flexibility index (Phi) is 8.45. The highest BCUT2D eigenvalue weighted by Crippen LogP contribution is 2.38. The van der Waals surface area contributed by atoms with Crippen LogP contribution in [0.5, 0.6) is 5.75 Å². The number of carbonyl (C=O) groups excluding carboxylic acids is 3. The normalized spacial score (nSPS) is 20.1. The van der Waals surface area contributed by atoms with E-state index in [1.165, 1.54) is 44.4 Å². The number of halogens is 1. The Morgan fingerprint density at radius 3 is 2.23 bits per heavy atom. The number of ether oxygens (including phenoxy) is 1. The van der Waals surface area contributed by atoms with Crippen LogP contribution in [-0.2, 0) is 4.79 Å². The Balaban J connectivity index is 1.26. The lowest BCUT2D eigenvalue weighted by Crippen LogP contribution is -2.81. The highest BCUT2D eigenvalue weighted by atomic mass is 19.1. The summed E-state index contributed by atoms with van der Waals surface area (Å²) in [5.41, 5.74) is 2.23. The van der Waals surface area contributed by atoms with Crippen LogP contribution in [0.4, 0.5) is 10.1 Å². The molecule has 2 saturated heterocycles. The van der Waals surface area contributed by atoms with Crippen molar-refractivity contribution in [2.75, 3.05) is 44.6 Å². The summed E-state index contributed by atoms with van der Waals surface area (Å²) in [4.78, 5) is 41.3. The molecule has 1 saturated carbocycles. The number of nitrogens with two attached hydrogens (primary N) is 1. The fourth-order valence-corrected chi connectivity index (χ4v) is 6.00. The van der Waals surface area contributed by atoms with Gasteiger partial charge in [0.15, 0.2) is 6.10 Å². The number of quaternary nitrogens is 1. The van der Waals surface area contributed by atoms with Crippen LogP contribution in [0.25, 0.3) is 0 Å². The molecule has 8 nitrogen and oxygen atoms in total. The summed E-state index contributed by atoms with van der Waals surface area (Å²) in [6.07, 6.45) is 7.16. The number of piperazine rings is 1. The van der Waals surface area contributed by atoms with E-state index in [0.717, 1.165) is 43.7 Å². The lowest BCUT2D eigenvalue weighted by Gasteiger charge is -2.35. The van der Waals surface area contributed by atoms with Crippen molar-refractivity contribution in [3.63, 3.8) is 0 Å². The monoisotopic (exact) mass is 537 g/mol. The molecule has 208 valence electrons. The quantitative estimate of drug-likeness (QED) is 0.592. The molecule has 3 aliphatic rings. The van der Waals surface area contributed by atoms with Gasteiger partial charge in [-0.2, -0.15) is 0 Å². The van der Waals surface area contributed by atoms with Crippen molar-refractivity contribution in [1.82, 2.24) is 9.80 Å². The van der Waals surface area contributed by atoms with Crippen molar-refractivity contribution < 1.29 is 28.8 Å². The first-order chi connectivity index (χ1) is 18.9. The van der Waals surface area contributed by atoms with E-state index in [0.29, 0.717) is 37.7 Å². The molecule has 5 rings (SSSR count). The van der Waals surface area contributed by atoms with Crippen molar-refractivity contribution in [3.8, 4) is 5.75 Å². The van der Waals surface area contributed by atoms with E-state index in [1.807, 2.05) is 18.2 Å². The Morgan fingerprint density at radius 2 is 1.59 bits per heavy atom. The molecule has 9 heteroatoms. The van der Waals surface area contributed by atoms with Crippen LogP contribution >= 0.6 is 0 Å². The molecular formula is C30H38FN4O4+. The van der Waals surface area contributed by atoms with Crippen LogP contribution in [0.2, 0.25) is 0 Å². The number of hydrogen-bond donors (Lipinski definition) is 2. The van der Waals surface area contributed by atoms with E-state index < -0.39 is 5.82 Å².